The molecule has 1 heterocycles. The zero-order valence-corrected chi connectivity index (χ0v) is 18.8. The van der Waals surface area contributed by atoms with E-state index in [0.29, 0.717) is 28.9 Å². The molecule has 3 aromatic rings. The molecule has 8 nitrogen and oxygen atoms in total. The Kier molecular flexibility index (Phi) is 7.66. The normalized spacial score (nSPS) is 11.3. The number of carbonyl (C=O) groups is 1. The van der Waals surface area contributed by atoms with Crippen molar-refractivity contribution in [1.82, 2.24) is 20.2 Å². The lowest BCUT2D eigenvalue weighted by molar-refractivity contribution is -0.118. The summed E-state index contributed by atoms with van der Waals surface area (Å²) < 4.78 is 12.5. The predicted octanol–water partition coefficient (Wildman–Crippen LogP) is 3.61. The molecule has 162 valence electrons. The van der Waals surface area contributed by atoms with Crippen molar-refractivity contribution in [2.45, 2.75) is 25.5 Å². The van der Waals surface area contributed by atoms with Crippen molar-refractivity contribution >= 4 is 23.4 Å². The van der Waals surface area contributed by atoms with E-state index in [0.717, 1.165) is 17.0 Å². The van der Waals surface area contributed by atoms with Gasteiger partial charge in [-0.2, -0.15) is 5.10 Å². The summed E-state index contributed by atoms with van der Waals surface area (Å²) in [5.74, 6) is 1.97. The molecule has 0 aliphatic carbocycles. The van der Waals surface area contributed by atoms with Crippen LogP contribution in [0.25, 0.3) is 11.4 Å². The molecule has 2 aromatic carbocycles. The summed E-state index contributed by atoms with van der Waals surface area (Å²) in [5, 5.41) is 13.4. The van der Waals surface area contributed by atoms with Crippen molar-refractivity contribution in [2.24, 2.45) is 5.10 Å². The number of hydrazone groups is 1. The minimum Gasteiger partial charge on any atom is -0.493 e. The van der Waals surface area contributed by atoms with Crippen LogP contribution in [0, 0.1) is 0 Å². The molecule has 0 fully saturated rings. The van der Waals surface area contributed by atoms with Crippen LogP contribution in [-0.4, -0.2) is 46.4 Å². The number of hydrogen-bond donors (Lipinski definition) is 1. The Morgan fingerprint density at radius 2 is 1.84 bits per heavy atom. The summed E-state index contributed by atoms with van der Waals surface area (Å²) in [7, 11) is 3.16. The molecule has 0 saturated heterocycles. The highest BCUT2D eigenvalue weighted by Gasteiger charge is 2.14. The van der Waals surface area contributed by atoms with Gasteiger partial charge in [-0.05, 0) is 32.0 Å². The van der Waals surface area contributed by atoms with Crippen molar-refractivity contribution in [3.8, 4) is 22.9 Å². The Morgan fingerprint density at radius 3 is 2.52 bits per heavy atom. The molecule has 0 atom stereocenters. The third kappa shape index (κ3) is 5.43. The van der Waals surface area contributed by atoms with Crippen LogP contribution in [0.2, 0.25) is 0 Å². The molecular weight excluding hydrogens is 414 g/mol. The van der Waals surface area contributed by atoms with Crippen molar-refractivity contribution in [3.63, 3.8) is 0 Å². The topological polar surface area (TPSA) is 90.6 Å². The van der Waals surface area contributed by atoms with Gasteiger partial charge in [-0.1, -0.05) is 42.1 Å². The van der Waals surface area contributed by atoms with Gasteiger partial charge in [0, 0.05) is 17.7 Å². The second-order valence-corrected chi connectivity index (χ2v) is 7.45. The molecule has 1 aromatic heterocycles. The van der Waals surface area contributed by atoms with Crippen molar-refractivity contribution < 1.29 is 14.3 Å². The molecule has 0 radical (unpaired) electrons. The fraction of sp³-hybridized carbons (Fsp3) is 0.273. The van der Waals surface area contributed by atoms with Crippen molar-refractivity contribution in [2.75, 3.05) is 20.0 Å². The van der Waals surface area contributed by atoms with Crippen LogP contribution in [0.5, 0.6) is 11.5 Å². The van der Waals surface area contributed by atoms with Gasteiger partial charge in [-0.15, -0.1) is 10.2 Å². The van der Waals surface area contributed by atoms with Crippen molar-refractivity contribution in [3.05, 3.63) is 54.1 Å². The highest BCUT2D eigenvalue weighted by molar-refractivity contribution is 7.99. The molecule has 1 N–H and O–H groups in total. The molecule has 0 bridgehead atoms. The van der Waals surface area contributed by atoms with Crippen LogP contribution < -0.4 is 14.9 Å². The number of benzene rings is 2. The van der Waals surface area contributed by atoms with Crippen LogP contribution in [0.3, 0.4) is 0 Å². The van der Waals surface area contributed by atoms with Crippen LogP contribution in [0.15, 0.2) is 58.8 Å². The van der Waals surface area contributed by atoms with Gasteiger partial charge >= 0.3 is 0 Å². The Morgan fingerprint density at radius 1 is 1.10 bits per heavy atom. The lowest BCUT2D eigenvalue weighted by Gasteiger charge is -2.09. The minimum atomic E-state index is -0.225. The number of thioether (sulfide) groups is 1. The van der Waals surface area contributed by atoms with Gasteiger partial charge in [-0.3, -0.25) is 4.79 Å². The van der Waals surface area contributed by atoms with Gasteiger partial charge in [0.25, 0.3) is 5.91 Å². The molecule has 31 heavy (non-hydrogen) atoms. The average Bonchev–Trinajstić information content (AvgIpc) is 3.24. The first kappa shape index (κ1) is 22.4. The van der Waals surface area contributed by atoms with E-state index < -0.39 is 0 Å². The smallest absolute Gasteiger partial charge is 0.250 e. The maximum Gasteiger partial charge on any atom is 0.250 e. The number of carbonyl (C=O) groups excluding carboxylic acids is 1. The maximum absolute atomic E-state index is 12.3. The molecule has 0 unspecified atom stereocenters. The van der Waals surface area contributed by atoms with Crippen LogP contribution in [0.1, 0.15) is 19.4 Å². The van der Waals surface area contributed by atoms with E-state index in [2.05, 4.69) is 20.7 Å². The zero-order chi connectivity index (χ0) is 22.2. The number of methoxy groups -OCH3 is 2. The van der Waals surface area contributed by atoms with E-state index in [1.165, 1.54) is 11.8 Å². The summed E-state index contributed by atoms with van der Waals surface area (Å²) in [4.78, 5) is 12.3. The summed E-state index contributed by atoms with van der Waals surface area (Å²) in [5.41, 5.74) is 5.06. The molecule has 0 aliphatic heterocycles. The Balaban J connectivity index is 1.62. The SMILES string of the molecule is CCn1c(SCC(=O)NN=C(C)c2ccc(OC)c(OC)c2)nnc1-c1ccccc1. The summed E-state index contributed by atoms with van der Waals surface area (Å²) >= 11 is 1.33. The molecule has 3 rings (SSSR count). The molecule has 0 spiro atoms. The number of nitrogens with zero attached hydrogens (tertiary/aromatic N) is 4. The van der Waals surface area contributed by atoms with Crippen LogP contribution in [-0.2, 0) is 11.3 Å². The Labute approximate surface area is 185 Å². The second kappa shape index (κ2) is 10.6. The largest absolute Gasteiger partial charge is 0.493 e. The zero-order valence-electron chi connectivity index (χ0n) is 18.0. The molecule has 9 heteroatoms. The number of ether oxygens (including phenoxy) is 2. The van der Waals surface area contributed by atoms with Gasteiger partial charge in [0.2, 0.25) is 0 Å². The third-order valence-electron chi connectivity index (χ3n) is 4.55. The van der Waals surface area contributed by atoms with Gasteiger partial charge < -0.3 is 14.0 Å². The lowest BCUT2D eigenvalue weighted by Crippen LogP contribution is -2.21. The Hall–Kier alpha value is -3.33. The predicted molar refractivity (Wildman–Crippen MR) is 122 cm³/mol. The first-order chi connectivity index (χ1) is 15.1. The number of nitrogens with one attached hydrogen (secondary N) is 1. The lowest BCUT2D eigenvalue weighted by atomic mass is 10.1. The van der Waals surface area contributed by atoms with E-state index in [-0.39, 0.29) is 11.7 Å². The highest BCUT2D eigenvalue weighted by atomic mass is 32.2. The van der Waals surface area contributed by atoms with E-state index in [4.69, 9.17) is 9.47 Å². The first-order valence-corrected chi connectivity index (χ1v) is 10.7. The number of hydrogen-bond acceptors (Lipinski definition) is 7. The molecule has 1 amide bonds. The van der Waals surface area contributed by atoms with Crippen LogP contribution >= 0.6 is 11.8 Å². The fourth-order valence-electron chi connectivity index (χ4n) is 2.92. The van der Waals surface area contributed by atoms with Gasteiger partial charge in [0.1, 0.15) is 0 Å². The van der Waals surface area contributed by atoms with Gasteiger partial charge in [0.15, 0.2) is 22.5 Å². The minimum absolute atomic E-state index is 0.176. The molecule has 0 aliphatic rings. The third-order valence-corrected chi connectivity index (χ3v) is 5.51. The standard InChI is InChI=1S/C22H25N5O3S/c1-5-27-21(16-9-7-6-8-10-16)25-26-22(27)31-14-20(28)24-23-15(2)17-11-12-18(29-3)19(13-17)30-4/h6-13H,5,14H2,1-4H3,(H,24,28). The quantitative estimate of drug-likeness (QED) is 0.311. The van der Waals surface area contributed by atoms with E-state index in [9.17, 15) is 4.79 Å². The van der Waals surface area contributed by atoms with E-state index >= 15 is 0 Å². The summed E-state index contributed by atoms with van der Waals surface area (Å²) in [6.07, 6.45) is 0. The number of rotatable bonds is 9. The average molecular weight is 440 g/mol. The van der Waals surface area contributed by atoms with E-state index in [1.807, 2.05) is 60.9 Å². The van der Waals surface area contributed by atoms with Gasteiger partial charge in [-0.25, -0.2) is 5.43 Å². The summed E-state index contributed by atoms with van der Waals surface area (Å²) in [6.45, 7) is 4.54. The maximum atomic E-state index is 12.3. The fourth-order valence-corrected chi connectivity index (χ4v) is 3.71. The molecular formula is C22H25N5O3S. The first-order valence-electron chi connectivity index (χ1n) is 9.74. The number of amides is 1. The van der Waals surface area contributed by atoms with Crippen LogP contribution in [0.4, 0.5) is 0 Å². The monoisotopic (exact) mass is 439 g/mol. The summed E-state index contributed by atoms with van der Waals surface area (Å²) in [6, 6.07) is 15.3. The molecule has 0 saturated carbocycles. The number of aromatic nitrogens is 3. The Bertz CT molecular complexity index is 1070. The van der Waals surface area contributed by atoms with E-state index in [1.54, 1.807) is 20.3 Å². The second-order valence-electron chi connectivity index (χ2n) is 6.51. The highest BCUT2D eigenvalue weighted by Crippen LogP contribution is 2.28. The van der Waals surface area contributed by atoms with Gasteiger partial charge in [0.05, 0.1) is 25.7 Å². The van der Waals surface area contributed by atoms with Crippen molar-refractivity contribution in [1.29, 1.82) is 0 Å².